The Morgan fingerprint density at radius 2 is 2.05 bits per heavy atom. The van der Waals surface area contributed by atoms with Crippen molar-refractivity contribution in [1.29, 1.82) is 0 Å². The fourth-order valence-corrected chi connectivity index (χ4v) is 2.15. The third-order valence-corrected chi connectivity index (χ3v) is 3.26. The number of anilines is 1. The van der Waals surface area contributed by atoms with Crippen molar-refractivity contribution < 1.29 is 4.79 Å². The van der Waals surface area contributed by atoms with Crippen molar-refractivity contribution in [2.45, 2.75) is 19.9 Å². The van der Waals surface area contributed by atoms with Crippen molar-refractivity contribution in [3.63, 3.8) is 0 Å². The van der Waals surface area contributed by atoms with E-state index in [0.717, 1.165) is 16.6 Å². The molecule has 5 nitrogen and oxygen atoms in total. The Morgan fingerprint density at radius 1 is 1.19 bits per heavy atom. The van der Waals surface area contributed by atoms with Crippen LogP contribution in [-0.2, 0) is 0 Å². The molecular weight excluding hydrogens is 264 g/mol. The van der Waals surface area contributed by atoms with Crippen LogP contribution in [0, 0.1) is 0 Å². The largest absolute Gasteiger partial charge is 0.320 e. The highest BCUT2D eigenvalue weighted by Crippen LogP contribution is 2.21. The van der Waals surface area contributed by atoms with Gasteiger partial charge in [0.15, 0.2) is 5.69 Å². The molecule has 5 heteroatoms. The molecule has 106 valence electrons. The Morgan fingerprint density at radius 3 is 2.81 bits per heavy atom. The molecule has 0 aliphatic rings. The summed E-state index contributed by atoms with van der Waals surface area (Å²) in [5.74, 6) is -0.217. The predicted molar refractivity (Wildman–Crippen MR) is 82.3 cm³/mol. The van der Waals surface area contributed by atoms with Crippen LogP contribution >= 0.6 is 0 Å². The molecule has 0 fully saturated rings. The predicted octanol–water partition coefficient (Wildman–Crippen LogP) is 3.26. The topological polar surface area (TPSA) is 59.8 Å². The highest BCUT2D eigenvalue weighted by Gasteiger charge is 2.12. The summed E-state index contributed by atoms with van der Waals surface area (Å²) in [6.07, 6.45) is 3.54. The van der Waals surface area contributed by atoms with Gasteiger partial charge in [-0.05, 0) is 44.2 Å². The number of carbonyl (C=O) groups is 1. The molecule has 3 aromatic rings. The molecule has 0 spiro atoms. The molecule has 3 rings (SSSR count). The smallest absolute Gasteiger partial charge is 0.276 e. The lowest BCUT2D eigenvalue weighted by atomic mass is 10.2. The Balaban J connectivity index is 1.89. The van der Waals surface area contributed by atoms with Crippen molar-refractivity contribution in [3.05, 3.63) is 54.5 Å². The van der Waals surface area contributed by atoms with Gasteiger partial charge in [0.1, 0.15) is 0 Å². The van der Waals surface area contributed by atoms with Gasteiger partial charge in [-0.3, -0.25) is 14.5 Å². The Bertz CT molecular complexity index is 786. The fourth-order valence-electron chi connectivity index (χ4n) is 2.15. The zero-order valence-electron chi connectivity index (χ0n) is 11.9. The van der Waals surface area contributed by atoms with E-state index in [1.165, 1.54) is 0 Å². The molecule has 0 unspecified atom stereocenters. The fraction of sp³-hybridized carbons (Fsp3) is 0.188. The highest BCUT2D eigenvalue weighted by molar-refractivity contribution is 6.07. The summed E-state index contributed by atoms with van der Waals surface area (Å²) >= 11 is 0. The van der Waals surface area contributed by atoms with Gasteiger partial charge in [0.25, 0.3) is 5.91 Å². The van der Waals surface area contributed by atoms with Crippen molar-refractivity contribution in [2.75, 3.05) is 5.32 Å². The van der Waals surface area contributed by atoms with Crippen LogP contribution in [-0.4, -0.2) is 20.7 Å². The Labute approximate surface area is 122 Å². The maximum atomic E-state index is 12.3. The number of amides is 1. The number of nitrogens with one attached hydrogen (secondary N) is 1. The summed E-state index contributed by atoms with van der Waals surface area (Å²) in [5, 5.41) is 8.09. The number of carbonyl (C=O) groups excluding carboxylic acids is 1. The van der Waals surface area contributed by atoms with Crippen molar-refractivity contribution in [2.24, 2.45) is 0 Å². The second kappa shape index (κ2) is 5.36. The van der Waals surface area contributed by atoms with Gasteiger partial charge >= 0.3 is 0 Å². The molecule has 1 aromatic carbocycles. The molecule has 0 aliphatic carbocycles. The van der Waals surface area contributed by atoms with Crippen LogP contribution in [0.4, 0.5) is 5.69 Å². The maximum Gasteiger partial charge on any atom is 0.276 e. The monoisotopic (exact) mass is 280 g/mol. The summed E-state index contributed by atoms with van der Waals surface area (Å²) < 4.78 is 1.76. The molecule has 0 bridgehead atoms. The third-order valence-electron chi connectivity index (χ3n) is 3.26. The zero-order chi connectivity index (χ0) is 14.8. The van der Waals surface area contributed by atoms with E-state index in [2.05, 4.69) is 15.4 Å². The second-order valence-corrected chi connectivity index (χ2v) is 5.10. The molecule has 2 heterocycles. The lowest BCUT2D eigenvalue weighted by molar-refractivity contribution is 0.102. The number of hydrogen-bond donors (Lipinski definition) is 1. The normalized spacial score (nSPS) is 11.0. The Hall–Kier alpha value is -2.69. The molecule has 0 radical (unpaired) electrons. The molecule has 21 heavy (non-hydrogen) atoms. The maximum absolute atomic E-state index is 12.3. The number of pyridine rings is 1. The highest BCUT2D eigenvalue weighted by atomic mass is 16.1. The number of hydrogen-bond acceptors (Lipinski definition) is 3. The van der Waals surface area contributed by atoms with Gasteiger partial charge in [0.2, 0.25) is 0 Å². The number of rotatable bonds is 3. The molecular formula is C16H16N4O. The minimum Gasteiger partial charge on any atom is -0.320 e. The van der Waals surface area contributed by atoms with Crippen LogP contribution < -0.4 is 5.32 Å². The summed E-state index contributed by atoms with van der Waals surface area (Å²) in [5.41, 5.74) is 2.00. The second-order valence-electron chi connectivity index (χ2n) is 5.10. The van der Waals surface area contributed by atoms with Crippen LogP contribution in [0.25, 0.3) is 10.9 Å². The zero-order valence-corrected chi connectivity index (χ0v) is 11.9. The van der Waals surface area contributed by atoms with Crippen LogP contribution in [0.5, 0.6) is 0 Å². The molecule has 1 amide bonds. The first-order valence-corrected chi connectivity index (χ1v) is 6.85. The van der Waals surface area contributed by atoms with Gasteiger partial charge in [-0.2, -0.15) is 5.10 Å². The average Bonchev–Trinajstić information content (AvgIpc) is 2.98. The first kappa shape index (κ1) is 13.3. The van der Waals surface area contributed by atoms with E-state index >= 15 is 0 Å². The Kier molecular flexibility index (Phi) is 3.39. The first-order valence-electron chi connectivity index (χ1n) is 6.85. The quantitative estimate of drug-likeness (QED) is 0.801. The van der Waals surface area contributed by atoms with Crippen LogP contribution in [0.2, 0.25) is 0 Å². The molecule has 1 N–H and O–H groups in total. The van der Waals surface area contributed by atoms with Gasteiger partial charge in [-0.1, -0.05) is 6.07 Å². The van der Waals surface area contributed by atoms with E-state index in [0.29, 0.717) is 5.69 Å². The molecule has 0 saturated carbocycles. The van der Waals surface area contributed by atoms with Crippen LogP contribution in [0.15, 0.2) is 48.8 Å². The lowest BCUT2D eigenvalue weighted by Crippen LogP contribution is -2.14. The number of nitrogens with zero attached hydrogens (tertiary/aromatic N) is 3. The van der Waals surface area contributed by atoms with E-state index in [1.807, 2.05) is 50.4 Å². The summed E-state index contributed by atoms with van der Waals surface area (Å²) in [7, 11) is 0. The number of benzene rings is 1. The number of fused-ring (bicyclic) bond motifs is 1. The van der Waals surface area contributed by atoms with Crippen molar-refractivity contribution in [1.82, 2.24) is 14.8 Å². The average molecular weight is 280 g/mol. The molecule has 0 saturated heterocycles. The minimum absolute atomic E-state index is 0.217. The van der Waals surface area contributed by atoms with Gasteiger partial charge in [0.05, 0.1) is 11.2 Å². The van der Waals surface area contributed by atoms with Crippen molar-refractivity contribution >= 4 is 22.5 Å². The van der Waals surface area contributed by atoms with E-state index < -0.39 is 0 Å². The molecule has 2 aromatic heterocycles. The molecule has 0 atom stereocenters. The van der Waals surface area contributed by atoms with E-state index in [-0.39, 0.29) is 11.9 Å². The van der Waals surface area contributed by atoms with Crippen LogP contribution in [0.1, 0.15) is 30.4 Å². The summed E-state index contributed by atoms with van der Waals surface area (Å²) in [4.78, 5) is 16.6. The minimum atomic E-state index is -0.217. The third kappa shape index (κ3) is 2.63. The van der Waals surface area contributed by atoms with Gasteiger partial charge < -0.3 is 5.32 Å². The summed E-state index contributed by atoms with van der Waals surface area (Å²) in [6, 6.07) is 11.4. The summed E-state index contributed by atoms with van der Waals surface area (Å²) in [6.45, 7) is 4.04. The molecule has 0 aliphatic heterocycles. The lowest BCUT2D eigenvalue weighted by Gasteiger charge is -2.07. The van der Waals surface area contributed by atoms with E-state index in [1.54, 1.807) is 16.9 Å². The first-order chi connectivity index (χ1) is 10.1. The van der Waals surface area contributed by atoms with E-state index in [9.17, 15) is 4.79 Å². The SMILES string of the molecule is CC(C)n1ccc(C(=O)Nc2cccc3ncccc23)n1. The standard InChI is InChI=1S/C16H16N4O/c1-11(2)20-10-8-15(19-20)16(21)18-14-7-3-6-13-12(14)5-4-9-17-13/h3-11H,1-2H3,(H,18,21). The number of aromatic nitrogens is 3. The van der Waals surface area contributed by atoms with E-state index in [4.69, 9.17) is 0 Å². The van der Waals surface area contributed by atoms with Crippen molar-refractivity contribution in [3.8, 4) is 0 Å². The van der Waals surface area contributed by atoms with Gasteiger partial charge in [-0.25, -0.2) is 0 Å². The van der Waals surface area contributed by atoms with Crippen LogP contribution in [0.3, 0.4) is 0 Å². The van der Waals surface area contributed by atoms with Gasteiger partial charge in [-0.15, -0.1) is 0 Å². The van der Waals surface area contributed by atoms with Gasteiger partial charge in [0, 0.05) is 23.8 Å².